The maximum Gasteiger partial charge on any atom is 0.355 e. The molecule has 0 saturated carbocycles. The summed E-state index contributed by atoms with van der Waals surface area (Å²) in [5, 5.41) is 0. The number of carbonyl (C=O) groups is 2. The van der Waals surface area contributed by atoms with Crippen molar-refractivity contribution in [2.24, 2.45) is 0 Å². The van der Waals surface area contributed by atoms with Gasteiger partial charge in [-0.25, -0.2) is 19.4 Å². The molecule has 0 radical (unpaired) electrons. The van der Waals surface area contributed by atoms with E-state index >= 15 is 0 Å². The first kappa shape index (κ1) is 24.9. The van der Waals surface area contributed by atoms with Crippen LogP contribution >= 0.6 is 0 Å². The van der Waals surface area contributed by atoms with Gasteiger partial charge >= 0.3 is 11.9 Å². The Hall–Kier alpha value is -1.06. The van der Waals surface area contributed by atoms with Crippen LogP contribution in [0.2, 0.25) is 0 Å². The van der Waals surface area contributed by atoms with Crippen molar-refractivity contribution in [2.45, 2.75) is 129 Å². The van der Waals surface area contributed by atoms with Gasteiger partial charge in [0.25, 0.3) is 0 Å². The van der Waals surface area contributed by atoms with Gasteiger partial charge in [-0.2, -0.15) is 0 Å². The third-order valence-electron chi connectivity index (χ3n) is 4.70. The first-order valence-corrected chi connectivity index (χ1v) is 11.1. The zero-order chi connectivity index (χ0) is 19.3. The summed E-state index contributed by atoms with van der Waals surface area (Å²) in [4.78, 5) is 31.9. The molecule has 0 aliphatic heterocycles. The molecule has 26 heavy (non-hydrogen) atoms. The van der Waals surface area contributed by atoms with E-state index in [2.05, 4.69) is 23.6 Å². The lowest BCUT2D eigenvalue weighted by atomic mass is 10.0. The lowest BCUT2D eigenvalue weighted by Gasteiger charge is -2.04. The molecule has 0 aliphatic rings. The fraction of sp³-hybridized carbons (Fsp3) is 0.909. The highest BCUT2D eigenvalue weighted by molar-refractivity contribution is 5.72. The zero-order valence-corrected chi connectivity index (χ0v) is 17.4. The molecular formula is C22H42O4. The van der Waals surface area contributed by atoms with E-state index in [1.54, 1.807) is 0 Å². The fourth-order valence-electron chi connectivity index (χ4n) is 2.98. The predicted octanol–water partition coefficient (Wildman–Crippen LogP) is 7.05. The van der Waals surface area contributed by atoms with E-state index in [0.29, 0.717) is 12.8 Å². The number of unbranched alkanes of at least 4 members (excludes halogenated alkanes) is 14. The van der Waals surface area contributed by atoms with Crippen LogP contribution in [0.1, 0.15) is 129 Å². The van der Waals surface area contributed by atoms with Crippen molar-refractivity contribution in [3.63, 3.8) is 0 Å². The Kier molecular flexibility index (Phi) is 19.4. The summed E-state index contributed by atoms with van der Waals surface area (Å²) in [5.74, 6) is -0.880. The van der Waals surface area contributed by atoms with Gasteiger partial charge in [-0.3, -0.25) is 0 Å². The van der Waals surface area contributed by atoms with Crippen molar-refractivity contribution >= 4 is 11.9 Å². The van der Waals surface area contributed by atoms with Crippen LogP contribution in [0.4, 0.5) is 0 Å². The molecule has 0 aromatic carbocycles. The van der Waals surface area contributed by atoms with Gasteiger partial charge in [0.1, 0.15) is 0 Å². The number of hydrogen-bond donors (Lipinski definition) is 0. The van der Waals surface area contributed by atoms with Crippen LogP contribution in [0, 0.1) is 0 Å². The summed E-state index contributed by atoms with van der Waals surface area (Å²) in [5.41, 5.74) is 0. The highest BCUT2D eigenvalue weighted by atomic mass is 17.2. The van der Waals surface area contributed by atoms with Crippen molar-refractivity contribution in [3.8, 4) is 0 Å². The minimum absolute atomic E-state index is 0.319. The Bertz CT molecular complexity index is 328. The minimum atomic E-state index is -0.447. The summed E-state index contributed by atoms with van der Waals surface area (Å²) in [6, 6.07) is 0. The molecule has 154 valence electrons. The van der Waals surface area contributed by atoms with Crippen LogP contribution in [0.5, 0.6) is 0 Å². The standard InChI is InChI=1S/C22H42O4/c1-3-5-7-8-9-10-11-12-13-14-15-16-18-20-22(24)26-25-21(23)19-17-6-4-2/h3-20H2,1-2H3. The molecule has 0 amide bonds. The molecule has 0 spiro atoms. The summed E-state index contributed by atoms with van der Waals surface area (Å²) in [6.07, 6.45) is 20.0. The predicted molar refractivity (Wildman–Crippen MR) is 107 cm³/mol. The summed E-state index contributed by atoms with van der Waals surface area (Å²) in [7, 11) is 0. The second-order valence-corrected chi connectivity index (χ2v) is 7.36. The lowest BCUT2D eigenvalue weighted by molar-refractivity contribution is -0.259. The van der Waals surface area contributed by atoms with Crippen molar-refractivity contribution in [1.29, 1.82) is 0 Å². The van der Waals surface area contributed by atoms with E-state index in [1.807, 2.05) is 0 Å². The Labute approximate surface area is 161 Å². The van der Waals surface area contributed by atoms with E-state index in [4.69, 9.17) is 0 Å². The highest BCUT2D eigenvalue weighted by Crippen LogP contribution is 2.13. The van der Waals surface area contributed by atoms with Gasteiger partial charge in [-0.05, 0) is 12.8 Å². The number of hydrogen-bond acceptors (Lipinski definition) is 4. The number of rotatable bonds is 18. The molecule has 0 bridgehead atoms. The fourth-order valence-corrected chi connectivity index (χ4v) is 2.98. The van der Waals surface area contributed by atoms with Gasteiger partial charge in [0.05, 0.1) is 12.8 Å². The SMILES string of the molecule is CCCCCCCCCCCCCCCC(=O)OOC(=O)CCCCC. The van der Waals surface area contributed by atoms with E-state index in [9.17, 15) is 9.59 Å². The molecule has 0 aromatic rings. The summed E-state index contributed by atoms with van der Waals surface area (Å²) in [6.45, 7) is 4.33. The van der Waals surface area contributed by atoms with Gasteiger partial charge in [-0.15, -0.1) is 0 Å². The Balaban J connectivity index is 3.24. The zero-order valence-electron chi connectivity index (χ0n) is 17.4. The van der Waals surface area contributed by atoms with Gasteiger partial charge in [0, 0.05) is 0 Å². The Morgan fingerprint density at radius 3 is 1.12 bits per heavy atom. The number of carbonyl (C=O) groups excluding carboxylic acids is 2. The van der Waals surface area contributed by atoms with Crippen LogP contribution in [0.3, 0.4) is 0 Å². The normalized spacial score (nSPS) is 10.7. The van der Waals surface area contributed by atoms with E-state index in [0.717, 1.165) is 32.1 Å². The molecule has 4 heteroatoms. The van der Waals surface area contributed by atoms with Crippen LogP contribution in [0.15, 0.2) is 0 Å². The molecule has 0 rings (SSSR count). The largest absolute Gasteiger partial charge is 0.355 e. The van der Waals surface area contributed by atoms with Gasteiger partial charge in [0.15, 0.2) is 0 Å². The molecule has 4 nitrogen and oxygen atoms in total. The third-order valence-corrected chi connectivity index (χ3v) is 4.70. The Morgan fingerprint density at radius 1 is 0.462 bits per heavy atom. The van der Waals surface area contributed by atoms with E-state index < -0.39 is 11.9 Å². The summed E-state index contributed by atoms with van der Waals surface area (Å²) >= 11 is 0. The lowest BCUT2D eigenvalue weighted by Crippen LogP contribution is -2.11. The van der Waals surface area contributed by atoms with E-state index in [1.165, 1.54) is 70.6 Å². The average Bonchev–Trinajstić information content (AvgIpc) is 2.64. The van der Waals surface area contributed by atoms with Crippen molar-refractivity contribution in [3.05, 3.63) is 0 Å². The smallest absolute Gasteiger partial charge is 0.247 e. The van der Waals surface area contributed by atoms with Crippen LogP contribution < -0.4 is 0 Å². The molecule has 0 saturated heterocycles. The first-order valence-electron chi connectivity index (χ1n) is 11.1. The van der Waals surface area contributed by atoms with Crippen molar-refractivity contribution < 1.29 is 19.4 Å². The van der Waals surface area contributed by atoms with Crippen molar-refractivity contribution in [1.82, 2.24) is 0 Å². The average molecular weight is 371 g/mol. The second kappa shape index (κ2) is 20.3. The molecular weight excluding hydrogens is 328 g/mol. The molecule has 0 aromatic heterocycles. The molecule has 0 heterocycles. The minimum Gasteiger partial charge on any atom is -0.247 e. The molecule has 0 fully saturated rings. The van der Waals surface area contributed by atoms with Gasteiger partial charge < -0.3 is 0 Å². The molecule has 0 aliphatic carbocycles. The maximum atomic E-state index is 11.5. The summed E-state index contributed by atoms with van der Waals surface area (Å²) < 4.78 is 0. The quantitative estimate of drug-likeness (QED) is 0.147. The Morgan fingerprint density at radius 2 is 0.731 bits per heavy atom. The highest BCUT2D eigenvalue weighted by Gasteiger charge is 2.09. The van der Waals surface area contributed by atoms with Crippen LogP contribution in [0.25, 0.3) is 0 Å². The van der Waals surface area contributed by atoms with Gasteiger partial charge in [0.2, 0.25) is 0 Å². The third kappa shape index (κ3) is 19.3. The monoisotopic (exact) mass is 370 g/mol. The van der Waals surface area contributed by atoms with Crippen molar-refractivity contribution in [2.75, 3.05) is 0 Å². The molecule has 0 atom stereocenters. The van der Waals surface area contributed by atoms with Crippen LogP contribution in [-0.4, -0.2) is 11.9 Å². The van der Waals surface area contributed by atoms with E-state index in [-0.39, 0.29) is 0 Å². The topological polar surface area (TPSA) is 52.6 Å². The second-order valence-electron chi connectivity index (χ2n) is 7.36. The molecule has 0 N–H and O–H groups in total. The van der Waals surface area contributed by atoms with Gasteiger partial charge in [-0.1, -0.05) is 104 Å². The van der Waals surface area contributed by atoms with Crippen LogP contribution in [-0.2, 0) is 19.4 Å². The maximum absolute atomic E-state index is 11.5. The molecule has 0 unspecified atom stereocenters. The first-order chi connectivity index (χ1) is 12.7.